The highest BCUT2D eigenvalue weighted by molar-refractivity contribution is 5.06. The van der Waals surface area contributed by atoms with Crippen LogP contribution in [0.3, 0.4) is 0 Å². The van der Waals surface area contributed by atoms with Gasteiger partial charge in [-0.15, -0.1) is 0 Å². The lowest BCUT2D eigenvalue weighted by Gasteiger charge is -2.31. The number of nitrogens with zero attached hydrogens (tertiary/aromatic N) is 3. The van der Waals surface area contributed by atoms with Crippen LogP contribution in [0.1, 0.15) is 24.2 Å². The van der Waals surface area contributed by atoms with Crippen molar-refractivity contribution in [3.05, 3.63) is 23.8 Å². The SMILES string of the molecule is Cc1cc(CN2CCC(OCCO)CC2)ncn1. The van der Waals surface area contributed by atoms with Gasteiger partial charge in [-0.1, -0.05) is 0 Å². The lowest BCUT2D eigenvalue weighted by Crippen LogP contribution is -2.37. The van der Waals surface area contributed by atoms with Crippen LogP contribution in [-0.4, -0.2) is 52.4 Å². The average molecular weight is 251 g/mol. The number of hydrogen-bond donors (Lipinski definition) is 1. The molecule has 0 saturated carbocycles. The molecular weight excluding hydrogens is 230 g/mol. The number of rotatable bonds is 5. The molecule has 0 bridgehead atoms. The van der Waals surface area contributed by atoms with E-state index < -0.39 is 0 Å². The molecular formula is C13H21N3O2. The van der Waals surface area contributed by atoms with Gasteiger partial charge in [0, 0.05) is 25.3 Å². The Morgan fingerprint density at radius 1 is 1.39 bits per heavy atom. The van der Waals surface area contributed by atoms with Crippen molar-refractivity contribution in [2.75, 3.05) is 26.3 Å². The van der Waals surface area contributed by atoms with Crippen LogP contribution < -0.4 is 0 Å². The van der Waals surface area contributed by atoms with Crippen molar-refractivity contribution >= 4 is 0 Å². The highest BCUT2D eigenvalue weighted by atomic mass is 16.5. The van der Waals surface area contributed by atoms with Gasteiger partial charge in [0.2, 0.25) is 0 Å². The second-order valence-corrected chi connectivity index (χ2v) is 4.72. The summed E-state index contributed by atoms with van der Waals surface area (Å²) in [6.45, 7) is 5.49. The van der Waals surface area contributed by atoms with Gasteiger partial charge in [-0.25, -0.2) is 9.97 Å². The van der Waals surface area contributed by atoms with E-state index in [0.29, 0.717) is 12.7 Å². The Labute approximate surface area is 108 Å². The van der Waals surface area contributed by atoms with E-state index in [9.17, 15) is 0 Å². The van der Waals surface area contributed by atoms with Gasteiger partial charge in [-0.3, -0.25) is 4.90 Å². The summed E-state index contributed by atoms with van der Waals surface area (Å²) in [4.78, 5) is 10.8. The molecule has 100 valence electrons. The molecule has 1 aliphatic rings. The molecule has 2 rings (SSSR count). The number of aliphatic hydroxyl groups excluding tert-OH is 1. The van der Waals surface area contributed by atoms with E-state index in [0.717, 1.165) is 43.9 Å². The summed E-state index contributed by atoms with van der Waals surface area (Å²) in [5, 5.41) is 8.72. The number of aromatic nitrogens is 2. The van der Waals surface area contributed by atoms with Gasteiger partial charge in [-0.2, -0.15) is 0 Å². The number of aryl methyl sites for hydroxylation is 1. The fraction of sp³-hybridized carbons (Fsp3) is 0.692. The molecule has 5 nitrogen and oxygen atoms in total. The predicted molar refractivity (Wildman–Crippen MR) is 68.1 cm³/mol. The van der Waals surface area contributed by atoms with Crippen molar-refractivity contribution in [2.24, 2.45) is 0 Å². The van der Waals surface area contributed by atoms with E-state index in [-0.39, 0.29) is 6.61 Å². The van der Waals surface area contributed by atoms with Crippen LogP contribution in [-0.2, 0) is 11.3 Å². The normalized spacial score (nSPS) is 18.1. The van der Waals surface area contributed by atoms with Crippen LogP contribution in [0.4, 0.5) is 0 Å². The quantitative estimate of drug-likeness (QED) is 0.837. The van der Waals surface area contributed by atoms with Crippen molar-refractivity contribution in [1.82, 2.24) is 14.9 Å². The summed E-state index contributed by atoms with van der Waals surface area (Å²) in [5.41, 5.74) is 2.10. The van der Waals surface area contributed by atoms with Crippen molar-refractivity contribution in [2.45, 2.75) is 32.4 Å². The minimum Gasteiger partial charge on any atom is -0.394 e. The summed E-state index contributed by atoms with van der Waals surface area (Å²) >= 11 is 0. The van der Waals surface area contributed by atoms with Crippen molar-refractivity contribution in [3.8, 4) is 0 Å². The number of likely N-dealkylation sites (tertiary alicyclic amines) is 1. The number of ether oxygens (including phenoxy) is 1. The van der Waals surface area contributed by atoms with E-state index in [1.807, 2.05) is 13.0 Å². The third-order valence-corrected chi connectivity index (χ3v) is 3.23. The Bertz CT molecular complexity index is 365. The molecule has 0 aromatic carbocycles. The summed E-state index contributed by atoms with van der Waals surface area (Å²) in [6, 6.07) is 2.04. The molecule has 1 N–H and O–H groups in total. The maximum absolute atomic E-state index is 8.72. The van der Waals surface area contributed by atoms with E-state index >= 15 is 0 Å². The number of hydrogen-bond acceptors (Lipinski definition) is 5. The monoisotopic (exact) mass is 251 g/mol. The Morgan fingerprint density at radius 2 is 2.17 bits per heavy atom. The molecule has 1 aromatic rings. The Balaban J connectivity index is 1.76. The minimum absolute atomic E-state index is 0.112. The molecule has 0 unspecified atom stereocenters. The maximum Gasteiger partial charge on any atom is 0.115 e. The molecule has 5 heteroatoms. The van der Waals surface area contributed by atoms with Gasteiger partial charge in [0.15, 0.2) is 0 Å². The van der Waals surface area contributed by atoms with E-state index in [1.54, 1.807) is 6.33 Å². The highest BCUT2D eigenvalue weighted by Gasteiger charge is 2.19. The van der Waals surface area contributed by atoms with Gasteiger partial charge in [-0.05, 0) is 25.8 Å². The van der Waals surface area contributed by atoms with Crippen LogP contribution in [0.5, 0.6) is 0 Å². The number of aliphatic hydroxyl groups is 1. The smallest absolute Gasteiger partial charge is 0.115 e. The molecule has 1 fully saturated rings. The molecule has 1 saturated heterocycles. The summed E-state index contributed by atoms with van der Waals surface area (Å²) in [7, 11) is 0. The first-order valence-corrected chi connectivity index (χ1v) is 6.50. The Kier molecular flexibility index (Phi) is 5.04. The summed E-state index contributed by atoms with van der Waals surface area (Å²) in [6.07, 6.45) is 4.00. The molecule has 2 heterocycles. The van der Waals surface area contributed by atoms with Crippen LogP contribution >= 0.6 is 0 Å². The second kappa shape index (κ2) is 6.78. The van der Waals surface area contributed by atoms with Gasteiger partial charge in [0.05, 0.1) is 25.0 Å². The largest absolute Gasteiger partial charge is 0.394 e. The summed E-state index contributed by atoms with van der Waals surface area (Å²) < 4.78 is 5.55. The molecule has 0 radical (unpaired) electrons. The number of piperidine rings is 1. The zero-order chi connectivity index (χ0) is 12.8. The fourth-order valence-electron chi connectivity index (χ4n) is 2.28. The third kappa shape index (κ3) is 4.01. The Hall–Kier alpha value is -1.04. The fourth-order valence-corrected chi connectivity index (χ4v) is 2.28. The predicted octanol–water partition coefficient (Wildman–Crippen LogP) is 0.758. The lowest BCUT2D eigenvalue weighted by molar-refractivity contribution is -0.00919. The van der Waals surface area contributed by atoms with Crippen LogP contribution in [0, 0.1) is 6.92 Å². The highest BCUT2D eigenvalue weighted by Crippen LogP contribution is 2.15. The van der Waals surface area contributed by atoms with E-state index in [4.69, 9.17) is 9.84 Å². The molecule has 1 aromatic heterocycles. The third-order valence-electron chi connectivity index (χ3n) is 3.23. The zero-order valence-electron chi connectivity index (χ0n) is 10.9. The molecule has 0 aliphatic carbocycles. The topological polar surface area (TPSA) is 58.5 Å². The molecule has 0 atom stereocenters. The second-order valence-electron chi connectivity index (χ2n) is 4.72. The first-order chi connectivity index (χ1) is 8.78. The average Bonchev–Trinajstić information content (AvgIpc) is 2.38. The standard InChI is InChI=1S/C13H21N3O2/c1-11-8-12(15-10-14-11)9-16-4-2-13(3-5-16)18-7-6-17/h8,10,13,17H,2-7,9H2,1H3. The maximum atomic E-state index is 8.72. The first-order valence-electron chi connectivity index (χ1n) is 6.50. The molecule has 0 amide bonds. The van der Waals surface area contributed by atoms with Crippen molar-refractivity contribution in [1.29, 1.82) is 0 Å². The lowest BCUT2D eigenvalue weighted by atomic mass is 10.1. The van der Waals surface area contributed by atoms with E-state index in [2.05, 4.69) is 14.9 Å². The Morgan fingerprint density at radius 3 is 2.83 bits per heavy atom. The van der Waals surface area contributed by atoms with Crippen LogP contribution in [0.25, 0.3) is 0 Å². The van der Waals surface area contributed by atoms with Gasteiger partial charge in [0.25, 0.3) is 0 Å². The minimum atomic E-state index is 0.112. The van der Waals surface area contributed by atoms with E-state index in [1.165, 1.54) is 0 Å². The molecule has 18 heavy (non-hydrogen) atoms. The molecule has 1 aliphatic heterocycles. The molecule has 0 spiro atoms. The van der Waals surface area contributed by atoms with Crippen LogP contribution in [0.2, 0.25) is 0 Å². The van der Waals surface area contributed by atoms with Gasteiger partial charge in [0.1, 0.15) is 6.33 Å². The van der Waals surface area contributed by atoms with Crippen molar-refractivity contribution < 1.29 is 9.84 Å². The van der Waals surface area contributed by atoms with Gasteiger partial charge < -0.3 is 9.84 Å². The van der Waals surface area contributed by atoms with Crippen LogP contribution in [0.15, 0.2) is 12.4 Å². The van der Waals surface area contributed by atoms with Gasteiger partial charge >= 0.3 is 0 Å². The first kappa shape index (κ1) is 13.4. The zero-order valence-corrected chi connectivity index (χ0v) is 10.9. The summed E-state index contributed by atoms with van der Waals surface area (Å²) in [5.74, 6) is 0. The van der Waals surface area contributed by atoms with Crippen molar-refractivity contribution in [3.63, 3.8) is 0 Å².